The van der Waals surface area contributed by atoms with Crippen molar-refractivity contribution < 1.29 is 13.2 Å². The van der Waals surface area contributed by atoms with Gasteiger partial charge in [0.05, 0.1) is 11.8 Å². The summed E-state index contributed by atoms with van der Waals surface area (Å²) in [6.45, 7) is 4.32. The predicted octanol–water partition coefficient (Wildman–Crippen LogP) is 3.07. The van der Waals surface area contributed by atoms with Crippen molar-refractivity contribution >= 4 is 21.6 Å². The zero-order valence-corrected chi connectivity index (χ0v) is 18.8. The summed E-state index contributed by atoms with van der Waals surface area (Å²) in [5.74, 6) is 0.0384. The lowest BCUT2D eigenvalue weighted by molar-refractivity contribution is 0.102. The summed E-state index contributed by atoms with van der Waals surface area (Å²) in [5, 5.41) is 2.93. The maximum Gasteiger partial charge on any atom is 0.257 e. The predicted molar refractivity (Wildman–Crippen MR) is 122 cm³/mol. The van der Waals surface area contributed by atoms with Crippen LogP contribution in [0.25, 0.3) is 0 Å². The summed E-state index contributed by atoms with van der Waals surface area (Å²) in [6.07, 6.45) is 6.90. The van der Waals surface area contributed by atoms with Gasteiger partial charge in [-0.15, -0.1) is 0 Å². The van der Waals surface area contributed by atoms with Crippen molar-refractivity contribution in [1.82, 2.24) is 14.2 Å². The highest BCUT2D eigenvalue weighted by molar-refractivity contribution is 7.88. The van der Waals surface area contributed by atoms with Gasteiger partial charge in [0.25, 0.3) is 5.91 Å². The summed E-state index contributed by atoms with van der Waals surface area (Å²) in [7, 11) is -3.13. The van der Waals surface area contributed by atoms with E-state index in [0.29, 0.717) is 18.7 Å². The number of hydrogen-bond donors (Lipinski definition) is 1. The van der Waals surface area contributed by atoms with E-state index in [-0.39, 0.29) is 11.8 Å². The molecular weight excluding hydrogens is 412 g/mol. The number of anilines is 1. The number of aromatic nitrogens is 1. The summed E-state index contributed by atoms with van der Waals surface area (Å²) in [5.41, 5.74) is 3.45. The Hall–Kier alpha value is -2.29. The number of benzene rings is 1. The van der Waals surface area contributed by atoms with Crippen LogP contribution < -0.4 is 5.32 Å². The molecule has 0 bridgehead atoms. The molecule has 8 heteroatoms. The third-order valence-electron chi connectivity index (χ3n) is 6.21. The Kier molecular flexibility index (Phi) is 6.69. The number of nitrogens with zero attached hydrogens (tertiary/aromatic N) is 3. The summed E-state index contributed by atoms with van der Waals surface area (Å²) in [4.78, 5) is 19.5. The molecule has 2 saturated heterocycles. The standard InChI is InChI=1S/C23H30N4O3S/c1-31(29,30)27-14-10-19(11-15-27)22-9-6-20(16-24-22)23(28)25-21-7-4-18(5-8-21)17-26-12-2-3-13-26/h4-9,16,19H,2-3,10-15,17H2,1H3,(H,25,28). The Morgan fingerprint density at radius 1 is 1.03 bits per heavy atom. The number of carbonyl (C=O) groups excluding carboxylic acids is 1. The molecule has 1 N–H and O–H groups in total. The molecule has 7 nitrogen and oxygen atoms in total. The van der Waals surface area contributed by atoms with Crippen molar-refractivity contribution in [2.75, 3.05) is 37.8 Å². The van der Waals surface area contributed by atoms with E-state index >= 15 is 0 Å². The maximum absolute atomic E-state index is 12.6. The van der Waals surface area contributed by atoms with E-state index < -0.39 is 10.0 Å². The molecule has 0 spiro atoms. The first kappa shape index (κ1) is 21.9. The van der Waals surface area contributed by atoms with Crippen LogP contribution in [0.1, 0.15) is 53.2 Å². The van der Waals surface area contributed by atoms with Crippen molar-refractivity contribution in [3.05, 3.63) is 59.4 Å². The van der Waals surface area contributed by atoms with Crippen LogP contribution in [-0.2, 0) is 16.6 Å². The zero-order chi connectivity index (χ0) is 21.8. The molecule has 0 aliphatic carbocycles. The Balaban J connectivity index is 1.31. The molecular formula is C23H30N4O3S. The van der Waals surface area contributed by atoms with Crippen LogP contribution in [0.4, 0.5) is 5.69 Å². The second-order valence-electron chi connectivity index (χ2n) is 8.54. The molecule has 31 heavy (non-hydrogen) atoms. The third-order valence-corrected chi connectivity index (χ3v) is 7.51. The highest BCUT2D eigenvalue weighted by Gasteiger charge is 2.26. The maximum atomic E-state index is 12.6. The number of rotatable bonds is 6. The number of carbonyl (C=O) groups is 1. The highest BCUT2D eigenvalue weighted by atomic mass is 32.2. The van der Waals surface area contributed by atoms with Crippen molar-refractivity contribution in [3.8, 4) is 0 Å². The third kappa shape index (κ3) is 5.70. The number of hydrogen-bond acceptors (Lipinski definition) is 5. The van der Waals surface area contributed by atoms with E-state index in [2.05, 4.69) is 27.3 Å². The number of sulfonamides is 1. The summed E-state index contributed by atoms with van der Waals surface area (Å²) < 4.78 is 24.8. The van der Waals surface area contributed by atoms with Crippen molar-refractivity contribution in [3.63, 3.8) is 0 Å². The molecule has 1 aromatic carbocycles. The second-order valence-corrected chi connectivity index (χ2v) is 10.5. The van der Waals surface area contributed by atoms with Crippen LogP contribution in [0.5, 0.6) is 0 Å². The smallest absolute Gasteiger partial charge is 0.257 e. The van der Waals surface area contributed by atoms with Crippen molar-refractivity contribution in [2.24, 2.45) is 0 Å². The van der Waals surface area contributed by atoms with Crippen LogP contribution in [-0.4, -0.2) is 60.9 Å². The van der Waals surface area contributed by atoms with Crippen molar-refractivity contribution in [1.29, 1.82) is 0 Å². The average molecular weight is 443 g/mol. The molecule has 0 atom stereocenters. The van der Waals surface area contributed by atoms with E-state index in [1.807, 2.05) is 18.2 Å². The lowest BCUT2D eigenvalue weighted by atomic mass is 9.94. The van der Waals surface area contributed by atoms with Gasteiger partial charge in [0.2, 0.25) is 10.0 Å². The fraction of sp³-hybridized carbons (Fsp3) is 0.478. The van der Waals surface area contributed by atoms with E-state index in [9.17, 15) is 13.2 Å². The summed E-state index contributed by atoms with van der Waals surface area (Å²) >= 11 is 0. The monoisotopic (exact) mass is 442 g/mol. The molecule has 2 fully saturated rings. The number of nitrogens with one attached hydrogen (secondary N) is 1. The fourth-order valence-corrected chi connectivity index (χ4v) is 5.23. The summed E-state index contributed by atoms with van der Waals surface area (Å²) in [6, 6.07) is 11.7. The minimum Gasteiger partial charge on any atom is -0.322 e. The van der Waals surface area contributed by atoms with Crippen LogP contribution in [0, 0.1) is 0 Å². The van der Waals surface area contributed by atoms with E-state index in [4.69, 9.17) is 0 Å². The molecule has 0 saturated carbocycles. The van der Waals surface area contributed by atoms with E-state index in [0.717, 1.165) is 43.9 Å². The number of pyridine rings is 1. The molecule has 0 radical (unpaired) electrons. The highest BCUT2D eigenvalue weighted by Crippen LogP contribution is 2.27. The quantitative estimate of drug-likeness (QED) is 0.743. The fourth-order valence-electron chi connectivity index (χ4n) is 4.36. The Morgan fingerprint density at radius 2 is 1.71 bits per heavy atom. The molecule has 4 rings (SSSR count). The molecule has 166 valence electrons. The van der Waals surface area contributed by atoms with Gasteiger partial charge in [-0.3, -0.25) is 14.7 Å². The second kappa shape index (κ2) is 9.46. The van der Waals surface area contributed by atoms with Gasteiger partial charge in [0.15, 0.2) is 0 Å². The lowest BCUT2D eigenvalue weighted by Crippen LogP contribution is -2.37. The first-order chi connectivity index (χ1) is 14.9. The molecule has 1 amide bonds. The number of piperidine rings is 1. The van der Waals surface area contributed by atoms with Gasteiger partial charge >= 0.3 is 0 Å². The minimum absolute atomic E-state index is 0.182. The van der Waals surface area contributed by atoms with Crippen molar-refractivity contribution in [2.45, 2.75) is 38.1 Å². The molecule has 2 aliphatic heterocycles. The number of amides is 1. The first-order valence-electron chi connectivity index (χ1n) is 10.9. The topological polar surface area (TPSA) is 82.6 Å². The normalized spacial score (nSPS) is 18.9. The molecule has 0 unspecified atom stereocenters. The van der Waals surface area contributed by atoms with Gasteiger partial charge < -0.3 is 5.32 Å². The van der Waals surface area contributed by atoms with Gasteiger partial charge in [-0.25, -0.2) is 12.7 Å². The van der Waals surface area contributed by atoms with Crippen LogP contribution in [0.2, 0.25) is 0 Å². The minimum atomic E-state index is -3.13. The molecule has 2 aliphatic rings. The van der Waals surface area contributed by atoms with E-state index in [1.54, 1.807) is 12.3 Å². The van der Waals surface area contributed by atoms with Gasteiger partial charge in [0, 0.05) is 43.1 Å². The van der Waals surface area contributed by atoms with Crippen LogP contribution >= 0.6 is 0 Å². The largest absolute Gasteiger partial charge is 0.322 e. The van der Waals surface area contributed by atoms with Gasteiger partial charge in [0.1, 0.15) is 0 Å². The van der Waals surface area contributed by atoms with Crippen LogP contribution in [0.15, 0.2) is 42.6 Å². The first-order valence-corrected chi connectivity index (χ1v) is 12.8. The van der Waals surface area contributed by atoms with Crippen LogP contribution in [0.3, 0.4) is 0 Å². The van der Waals surface area contributed by atoms with Gasteiger partial charge in [-0.2, -0.15) is 0 Å². The Morgan fingerprint density at radius 3 is 2.29 bits per heavy atom. The molecule has 2 aromatic rings. The molecule has 1 aromatic heterocycles. The SMILES string of the molecule is CS(=O)(=O)N1CCC(c2ccc(C(=O)Nc3ccc(CN4CCCC4)cc3)cn2)CC1. The zero-order valence-electron chi connectivity index (χ0n) is 18.0. The average Bonchev–Trinajstić information content (AvgIpc) is 3.28. The van der Waals surface area contributed by atoms with Gasteiger partial charge in [-0.05, 0) is 68.6 Å². The van der Waals surface area contributed by atoms with Gasteiger partial charge in [-0.1, -0.05) is 12.1 Å². The van der Waals surface area contributed by atoms with E-state index in [1.165, 1.54) is 29.0 Å². The Labute approximate surface area is 184 Å². The lowest BCUT2D eigenvalue weighted by Gasteiger charge is -2.29. The number of likely N-dealkylation sites (tertiary alicyclic amines) is 1. The molecule has 3 heterocycles. The Bertz CT molecular complexity index is 992.